The predicted molar refractivity (Wildman–Crippen MR) is 91.5 cm³/mol. The summed E-state index contributed by atoms with van der Waals surface area (Å²) in [6.45, 7) is 0.738. The number of imidazole rings is 1. The molecule has 0 saturated carbocycles. The number of nitrogens with two attached hydrogens (primary N) is 1. The lowest BCUT2D eigenvalue weighted by Gasteiger charge is -2.08. The summed E-state index contributed by atoms with van der Waals surface area (Å²) in [4.78, 5) is 8.95. The molecule has 114 valence electrons. The van der Waals surface area contributed by atoms with E-state index in [1.165, 1.54) is 5.56 Å². The molecule has 4 aromatic rings. The number of hydrogen-bond donors (Lipinski definition) is 1. The van der Waals surface area contributed by atoms with Crippen molar-refractivity contribution in [3.05, 3.63) is 60.6 Å². The fourth-order valence-electron chi connectivity index (χ4n) is 2.80. The standard InChI is InChI=1S/C18H16N4O/c1-23-14-6-7-15-16(8-14)20-9-17-18(15)22(11-21-17)10-12-2-4-13(19)5-3-12/h2-9,11H,10,19H2,1H3. The molecule has 0 unspecified atom stereocenters. The highest BCUT2D eigenvalue weighted by molar-refractivity contribution is 6.02. The average molecular weight is 304 g/mol. The van der Waals surface area contributed by atoms with Crippen molar-refractivity contribution in [3.8, 4) is 5.75 Å². The van der Waals surface area contributed by atoms with E-state index in [-0.39, 0.29) is 0 Å². The molecule has 0 amide bonds. The number of aromatic nitrogens is 3. The van der Waals surface area contributed by atoms with Gasteiger partial charge in [0.2, 0.25) is 0 Å². The Morgan fingerprint density at radius 1 is 1.04 bits per heavy atom. The molecule has 0 fully saturated rings. The second-order valence-electron chi connectivity index (χ2n) is 5.49. The number of benzene rings is 2. The lowest BCUT2D eigenvalue weighted by molar-refractivity contribution is 0.415. The quantitative estimate of drug-likeness (QED) is 0.590. The summed E-state index contributed by atoms with van der Waals surface area (Å²) in [5.41, 5.74) is 10.6. The molecule has 0 spiro atoms. The largest absolute Gasteiger partial charge is 0.497 e. The molecule has 0 aliphatic heterocycles. The van der Waals surface area contributed by atoms with Crippen molar-refractivity contribution in [2.24, 2.45) is 0 Å². The normalized spacial score (nSPS) is 11.2. The molecular formula is C18H16N4O. The van der Waals surface area contributed by atoms with E-state index >= 15 is 0 Å². The molecule has 5 heteroatoms. The Labute approximate surface area is 133 Å². The minimum absolute atomic E-state index is 0.738. The third kappa shape index (κ3) is 2.36. The van der Waals surface area contributed by atoms with Gasteiger partial charge in [-0.3, -0.25) is 4.98 Å². The predicted octanol–water partition coefficient (Wildman–Crippen LogP) is 3.22. The molecule has 0 aliphatic rings. The molecule has 5 nitrogen and oxygen atoms in total. The molecule has 0 saturated heterocycles. The van der Waals surface area contributed by atoms with E-state index in [0.717, 1.165) is 39.9 Å². The average Bonchev–Trinajstić information content (AvgIpc) is 2.99. The van der Waals surface area contributed by atoms with Crippen LogP contribution in [0.3, 0.4) is 0 Å². The van der Waals surface area contributed by atoms with Gasteiger partial charge in [-0.15, -0.1) is 0 Å². The first-order chi connectivity index (χ1) is 11.2. The van der Waals surface area contributed by atoms with E-state index < -0.39 is 0 Å². The smallest absolute Gasteiger partial charge is 0.121 e. The second-order valence-corrected chi connectivity index (χ2v) is 5.49. The van der Waals surface area contributed by atoms with Crippen LogP contribution in [-0.4, -0.2) is 21.6 Å². The summed E-state index contributed by atoms with van der Waals surface area (Å²) in [6, 6.07) is 13.8. The third-order valence-corrected chi connectivity index (χ3v) is 3.98. The van der Waals surface area contributed by atoms with Gasteiger partial charge in [0.25, 0.3) is 0 Å². The van der Waals surface area contributed by atoms with Crippen LogP contribution in [0.25, 0.3) is 21.9 Å². The number of ether oxygens (including phenoxy) is 1. The van der Waals surface area contributed by atoms with Gasteiger partial charge >= 0.3 is 0 Å². The minimum Gasteiger partial charge on any atom is -0.497 e. The van der Waals surface area contributed by atoms with Crippen LogP contribution in [0.2, 0.25) is 0 Å². The second kappa shape index (κ2) is 5.28. The topological polar surface area (TPSA) is 66.0 Å². The van der Waals surface area contributed by atoms with Crippen LogP contribution >= 0.6 is 0 Å². The van der Waals surface area contributed by atoms with Gasteiger partial charge in [-0.1, -0.05) is 12.1 Å². The van der Waals surface area contributed by atoms with E-state index in [4.69, 9.17) is 10.5 Å². The SMILES string of the molecule is COc1ccc2c(c1)ncc1ncn(Cc3ccc(N)cc3)c12. The lowest BCUT2D eigenvalue weighted by atomic mass is 10.1. The summed E-state index contributed by atoms with van der Waals surface area (Å²) in [5.74, 6) is 0.800. The zero-order valence-corrected chi connectivity index (χ0v) is 12.7. The number of pyridine rings is 1. The highest BCUT2D eigenvalue weighted by Gasteiger charge is 2.09. The molecule has 0 bridgehead atoms. The zero-order chi connectivity index (χ0) is 15.8. The molecule has 2 aromatic heterocycles. The Morgan fingerprint density at radius 3 is 2.65 bits per heavy atom. The number of methoxy groups -OCH3 is 1. The van der Waals surface area contributed by atoms with Gasteiger partial charge in [-0.05, 0) is 29.8 Å². The first-order valence-corrected chi connectivity index (χ1v) is 7.36. The van der Waals surface area contributed by atoms with Gasteiger partial charge in [-0.2, -0.15) is 0 Å². The van der Waals surface area contributed by atoms with Gasteiger partial charge in [0.1, 0.15) is 11.3 Å². The monoisotopic (exact) mass is 304 g/mol. The van der Waals surface area contributed by atoms with Gasteiger partial charge < -0.3 is 15.0 Å². The number of anilines is 1. The van der Waals surface area contributed by atoms with E-state index in [2.05, 4.69) is 14.5 Å². The third-order valence-electron chi connectivity index (χ3n) is 3.98. The van der Waals surface area contributed by atoms with E-state index in [1.54, 1.807) is 13.3 Å². The minimum atomic E-state index is 0.738. The first kappa shape index (κ1) is 13.6. The molecule has 0 radical (unpaired) electrons. The fraction of sp³-hybridized carbons (Fsp3) is 0.111. The van der Waals surface area contributed by atoms with Crippen LogP contribution in [0.1, 0.15) is 5.56 Å². The summed E-state index contributed by atoms with van der Waals surface area (Å²) in [7, 11) is 1.66. The Hall–Kier alpha value is -3.08. The number of nitrogen functional groups attached to an aromatic ring is 1. The molecule has 4 rings (SSSR count). The highest BCUT2D eigenvalue weighted by atomic mass is 16.5. The Kier molecular flexibility index (Phi) is 3.12. The molecular weight excluding hydrogens is 288 g/mol. The summed E-state index contributed by atoms with van der Waals surface area (Å²) in [5, 5.41) is 1.07. The van der Waals surface area contributed by atoms with Crippen molar-refractivity contribution in [1.29, 1.82) is 0 Å². The Morgan fingerprint density at radius 2 is 1.87 bits per heavy atom. The highest BCUT2D eigenvalue weighted by Crippen LogP contribution is 2.26. The molecule has 2 N–H and O–H groups in total. The molecule has 0 aliphatic carbocycles. The lowest BCUT2D eigenvalue weighted by Crippen LogP contribution is -1.99. The Balaban J connectivity index is 1.86. The summed E-state index contributed by atoms with van der Waals surface area (Å²) in [6.07, 6.45) is 3.66. The van der Waals surface area contributed by atoms with Crippen molar-refractivity contribution in [1.82, 2.24) is 14.5 Å². The van der Waals surface area contributed by atoms with Gasteiger partial charge in [0, 0.05) is 23.7 Å². The maximum absolute atomic E-state index is 5.75. The molecule has 2 aromatic carbocycles. The van der Waals surface area contributed by atoms with E-state index in [1.807, 2.05) is 48.8 Å². The molecule has 0 atom stereocenters. The van der Waals surface area contributed by atoms with Gasteiger partial charge in [0.05, 0.1) is 30.7 Å². The van der Waals surface area contributed by atoms with Crippen LogP contribution in [0.4, 0.5) is 5.69 Å². The van der Waals surface area contributed by atoms with Crippen molar-refractivity contribution in [2.45, 2.75) is 6.54 Å². The number of fused-ring (bicyclic) bond motifs is 3. The first-order valence-electron chi connectivity index (χ1n) is 7.36. The van der Waals surface area contributed by atoms with Gasteiger partial charge in [-0.25, -0.2) is 4.98 Å². The maximum Gasteiger partial charge on any atom is 0.121 e. The Bertz CT molecular complexity index is 989. The van der Waals surface area contributed by atoms with Crippen LogP contribution in [0.5, 0.6) is 5.75 Å². The van der Waals surface area contributed by atoms with Crippen LogP contribution in [0.15, 0.2) is 55.0 Å². The van der Waals surface area contributed by atoms with Crippen molar-refractivity contribution in [2.75, 3.05) is 12.8 Å². The molecule has 2 heterocycles. The summed E-state index contributed by atoms with van der Waals surface area (Å²) >= 11 is 0. The van der Waals surface area contributed by atoms with Crippen LogP contribution in [-0.2, 0) is 6.54 Å². The van der Waals surface area contributed by atoms with E-state index in [0.29, 0.717) is 0 Å². The number of hydrogen-bond acceptors (Lipinski definition) is 4. The van der Waals surface area contributed by atoms with Crippen molar-refractivity contribution in [3.63, 3.8) is 0 Å². The zero-order valence-electron chi connectivity index (χ0n) is 12.7. The number of rotatable bonds is 3. The van der Waals surface area contributed by atoms with Crippen molar-refractivity contribution < 1.29 is 4.74 Å². The molecule has 23 heavy (non-hydrogen) atoms. The van der Waals surface area contributed by atoms with Gasteiger partial charge in [0.15, 0.2) is 0 Å². The van der Waals surface area contributed by atoms with Crippen LogP contribution in [0, 0.1) is 0 Å². The number of nitrogens with zero attached hydrogens (tertiary/aromatic N) is 3. The van der Waals surface area contributed by atoms with E-state index in [9.17, 15) is 0 Å². The van der Waals surface area contributed by atoms with Crippen LogP contribution < -0.4 is 10.5 Å². The summed E-state index contributed by atoms with van der Waals surface area (Å²) < 4.78 is 7.41. The fourth-order valence-corrected chi connectivity index (χ4v) is 2.80. The maximum atomic E-state index is 5.75. The van der Waals surface area contributed by atoms with Crippen molar-refractivity contribution >= 4 is 27.6 Å².